The zero-order chi connectivity index (χ0) is 13.9. The Morgan fingerprint density at radius 3 is 3.10 bits per heavy atom. The summed E-state index contributed by atoms with van der Waals surface area (Å²) in [5.74, 6) is 1.04. The van der Waals surface area contributed by atoms with Crippen molar-refractivity contribution < 1.29 is 4.74 Å². The predicted molar refractivity (Wildman–Crippen MR) is 82.6 cm³/mol. The van der Waals surface area contributed by atoms with E-state index in [4.69, 9.17) is 4.74 Å². The van der Waals surface area contributed by atoms with Crippen molar-refractivity contribution in [3.05, 3.63) is 45.4 Å². The van der Waals surface area contributed by atoms with Gasteiger partial charge in [0, 0.05) is 17.5 Å². The van der Waals surface area contributed by atoms with Gasteiger partial charge in [0.1, 0.15) is 10.8 Å². The molecule has 1 aliphatic rings. The van der Waals surface area contributed by atoms with Gasteiger partial charge in [0.2, 0.25) is 0 Å². The number of nitrogens with one attached hydrogen (secondary N) is 1. The fourth-order valence-corrected chi connectivity index (χ4v) is 3.42. The Labute approximate surface area is 124 Å². The van der Waals surface area contributed by atoms with Gasteiger partial charge in [0.25, 0.3) is 0 Å². The van der Waals surface area contributed by atoms with Gasteiger partial charge in [-0.3, -0.25) is 0 Å². The standard InChI is InChI=1S/C16H20N2OS/c1-3-7-17-15(16-18-11(2)10-20-16)13-4-5-14-12(9-13)6-8-19-14/h4-5,9-10,15,17H,3,6-8H2,1-2H3. The minimum atomic E-state index is 0.194. The normalized spacial score (nSPS) is 14.9. The number of benzene rings is 1. The Morgan fingerprint density at radius 2 is 2.35 bits per heavy atom. The van der Waals surface area contributed by atoms with Crippen LogP contribution in [0.2, 0.25) is 0 Å². The summed E-state index contributed by atoms with van der Waals surface area (Å²) in [5.41, 5.74) is 3.70. The highest BCUT2D eigenvalue weighted by Gasteiger charge is 2.20. The van der Waals surface area contributed by atoms with Crippen molar-refractivity contribution >= 4 is 11.3 Å². The Morgan fingerprint density at radius 1 is 1.45 bits per heavy atom. The molecule has 0 amide bonds. The number of aromatic nitrogens is 1. The molecular formula is C16H20N2OS. The van der Waals surface area contributed by atoms with Gasteiger partial charge < -0.3 is 10.1 Å². The topological polar surface area (TPSA) is 34.1 Å². The lowest BCUT2D eigenvalue weighted by Gasteiger charge is -2.17. The molecule has 1 aromatic heterocycles. The molecule has 0 fully saturated rings. The molecule has 0 saturated carbocycles. The Hall–Kier alpha value is -1.39. The summed E-state index contributed by atoms with van der Waals surface area (Å²) in [4.78, 5) is 4.66. The van der Waals surface area contributed by atoms with Crippen LogP contribution in [0.4, 0.5) is 0 Å². The maximum atomic E-state index is 5.59. The van der Waals surface area contributed by atoms with Crippen molar-refractivity contribution in [1.82, 2.24) is 10.3 Å². The molecule has 4 heteroatoms. The number of hydrogen-bond donors (Lipinski definition) is 1. The molecule has 0 radical (unpaired) electrons. The number of fused-ring (bicyclic) bond motifs is 1. The second kappa shape index (κ2) is 5.94. The van der Waals surface area contributed by atoms with Crippen LogP contribution in [0.1, 0.15) is 41.2 Å². The number of ether oxygens (including phenoxy) is 1. The summed E-state index contributed by atoms with van der Waals surface area (Å²) in [6.45, 7) is 6.04. The summed E-state index contributed by atoms with van der Waals surface area (Å²) in [6.07, 6.45) is 2.13. The van der Waals surface area contributed by atoms with E-state index in [-0.39, 0.29) is 6.04 Å². The first-order valence-electron chi connectivity index (χ1n) is 7.19. The van der Waals surface area contributed by atoms with Gasteiger partial charge in [-0.05, 0) is 43.1 Å². The smallest absolute Gasteiger partial charge is 0.122 e. The molecule has 1 atom stereocenters. The molecular weight excluding hydrogens is 268 g/mol. The third-order valence-corrected chi connectivity index (χ3v) is 4.56. The quantitative estimate of drug-likeness (QED) is 0.914. The summed E-state index contributed by atoms with van der Waals surface area (Å²) in [5, 5.41) is 6.88. The van der Waals surface area contributed by atoms with Crippen LogP contribution >= 0.6 is 11.3 Å². The molecule has 1 aliphatic heterocycles. The van der Waals surface area contributed by atoms with E-state index < -0.39 is 0 Å². The molecule has 2 aromatic rings. The molecule has 0 spiro atoms. The van der Waals surface area contributed by atoms with Crippen molar-refractivity contribution in [3.8, 4) is 5.75 Å². The molecule has 2 heterocycles. The van der Waals surface area contributed by atoms with Crippen molar-refractivity contribution in [2.45, 2.75) is 32.7 Å². The Balaban J connectivity index is 1.92. The first kappa shape index (κ1) is 13.6. The van der Waals surface area contributed by atoms with Gasteiger partial charge in [0.15, 0.2) is 0 Å². The second-order valence-electron chi connectivity index (χ2n) is 5.18. The van der Waals surface area contributed by atoms with Gasteiger partial charge >= 0.3 is 0 Å². The monoisotopic (exact) mass is 288 g/mol. The van der Waals surface area contributed by atoms with Crippen molar-refractivity contribution in [3.63, 3.8) is 0 Å². The van der Waals surface area contributed by atoms with Crippen molar-refractivity contribution in [2.24, 2.45) is 0 Å². The van der Waals surface area contributed by atoms with E-state index in [1.807, 2.05) is 6.92 Å². The van der Waals surface area contributed by atoms with Crippen LogP contribution < -0.4 is 10.1 Å². The van der Waals surface area contributed by atoms with Crippen LogP contribution in [0.5, 0.6) is 5.75 Å². The number of hydrogen-bond acceptors (Lipinski definition) is 4. The summed E-state index contributed by atoms with van der Waals surface area (Å²) in [6, 6.07) is 6.72. The van der Waals surface area contributed by atoms with E-state index in [2.05, 4.69) is 40.8 Å². The van der Waals surface area contributed by atoms with Crippen molar-refractivity contribution in [1.29, 1.82) is 0 Å². The number of nitrogens with zero attached hydrogens (tertiary/aromatic N) is 1. The molecule has 0 aliphatic carbocycles. The fraction of sp³-hybridized carbons (Fsp3) is 0.438. The molecule has 3 rings (SSSR count). The highest BCUT2D eigenvalue weighted by molar-refractivity contribution is 7.09. The highest BCUT2D eigenvalue weighted by Crippen LogP contribution is 2.31. The molecule has 0 bridgehead atoms. The molecule has 1 unspecified atom stereocenters. The fourth-order valence-electron chi connectivity index (χ4n) is 2.53. The molecule has 106 valence electrons. The average molecular weight is 288 g/mol. The number of thiazole rings is 1. The lowest BCUT2D eigenvalue weighted by Crippen LogP contribution is -2.23. The molecule has 20 heavy (non-hydrogen) atoms. The van der Waals surface area contributed by atoms with Gasteiger partial charge in [-0.25, -0.2) is 4.98 Å². The van der Waals surface area contributed by atoms with E-state index >= 15 is 0 Å². The molecule has 1 aromatic carbocycles. The Kier molecular flexibility index (Phi) is 4.03. The van der Waals surface area contributed by atoms with Gasteiger partial charge in [-0.15, -0.1) is 11.3 Å². The minimum absolute atomic E-state index is 0.194. The first-order chi connectivity index (χ1) is 9.78. The first-order valence-corrected chi connectivity index (χ1v) is 8.07. The highest BCUT2D eigenvalue weighted by atomic mass is 32.1. The largest absolute Gasteiger partial charge is 0.493 e. The predicted octanol–water partition coefficient (Wildman–Crippen LogP) is 3.48. The maximum Gasteiger partial charge on any atom is 0.122 e. The SMILES string of the molecule is CCCNC(c1ccc2c(c1)CCO2)c1nc(C)cs1. The van der Waals surface area contributed by atoms with Crippen LogP contribution in [-0.4, -0.2) is 18.1 Å². The van der Waals surface area contributed by atoms with Crippen LogP contribution in [-0.2, 0) is 6.42 Å². The summed E-state index contributed by atoms with van der Waals surface area (Å²) in [7, 11) is 0. The third kappa shape index (κ3) is 2.72. The number of aryl methyl sites for hydroxylation is 1. The van der Waals surface area contributed by atoms with Gasteiger partial charge in [0.05, 0.1) is 12.6 Å². The lowest BCUT2D eigenvalue weighted by molar-refractivity contribution is 0.357. The van der Waals surface area contributed by atoms with E-state index in [9.17, 15) is 0 Å². The minimum Gasteiger partial charge on any atom is -0.493 e. The summed E-state index contributed by atoms with van der Waals surface area (Å²) < 4.78 is 5.59. The van der Waals surface area contributed by atoms with E-state index in [1.54, 1.807) is 11.3 Å². The van der Waals surface area contributed by atoms with E-state index in [0.29, 0.717) is 0 Å². The van der Waals surface area contributed by atoms with Crippen LogP contribution in [0.15, 0.2) is 23.6 Å². The van der Waals surface area contributed by atoms with Crippen LogP contribution in [0, 0.1) is 6.92 Å². The third-order valence-electron chi connectivity index (χ3n) is 3.53. The zero-order valence-electron chi connectivity index (χ0n) is 12.0. The van der Waals surface area contributed by atoms with E-state index in [0.717, 1.165) is 42.4 Å². The van der Waals surface area contributed by atoms with E-state index in [1.165, 1.54) is 11.1 Å². The van der Waals surface area contributed by atoms with Crippen LogP contribution in [0.3, 0.4) is 0 Å². The Bertz CT molecular complexity index is 594. The lowest BCUT2D eigenvalue weighted by atomic mass is 10.0. The maximum absolute atomic E-state index is 5.59. The van der Waals surface area contributed by atoms with Crippen molar-refractivity contribution in [2.75, 3.05) is 13.2 Å². The molecule has 3 nitrogen and oxygen atoms in total. The van der Waals surface area contributed by atoms with Gasteiger partial charge in [-0.2, -0.15) is 0 Å². The number of rotatable bonds is 5. The summed E-state index contributed by atoms with van der Waals surface area (Å²) >= 11 is 1.73. The molecule has 1 N–H and O–H groups in total. The zero-order valence-corrected chi connectivity index (χ0v) is 12.8. The van der Waals surface area contributed by atoms with Gasteiger partial charge in [-0.1, -0.05) is 13.0 Å². The second-order valence-corrected chi connectivity index (χ2v) is 6.07. The molecule has 0 saturated heterocycles. The average Bonchev–Trinajstić information content (AvgIpc) is 3.07. The van der Waals surface area contributed by atoms with Crippen LogP contribution in [0.25, 0.3) is 0 Å².